The Labute approximate surface area is 125 Å². The Kier molecular flexibility index (Phi) is 3.97. The minimum Gasteiger partial charge on any atom is -0.497 e. The Morgan fingerprint density at radius 1 is 1.33 bits per heavy atom. The molecule has 0 radical (unpaired) electrons. The molecule has 0 saturated carbocycles. The molecule has 0 bridgehead atoms. The zero-order valence-electron chi connectivity index (χ0n) is 12.9. The van der Waals surface area contributed by atoms with E-state index in [9.17, 15) is 0 Å². The highest BCUT2D eigenvalue weighted by molar-refractivity contribution is 5.38. The van der Waals surface area contributed by atoms with E-state index in [-0.39, 0.29) is 0 Å². The lowest BCUT2D eigenvalue weighted by atomic mass is 9.88. The monoisotopic (exact) mass is 286 g/mol. The molecule has 0 spiro atoms. The normalized spacial score (nSPS) is 17.6. The molecule has 3 rings (SSSR count). The summed E-state index contributed by atoms with van der Waals surface area (Å²) in [4.78, 5) is 0. The van der Waals surface area contributed by atoms with E-state index in [1.165, 1.54) is 23.1 Å². The molecule has 4 nitrogen and oxygen atoms in total. The van der Waals surface area contributed by atoms with Gasteiger partial charge in [0.05, 0.1) is 12.8 Å². The molecule has 1 aliphatic carbocycles. The van der Waals surface area contributed by atoms with Crippen LogP contribution in [0.25, 0.3) is 0 Å². The third kappa shape index (κ3) is 2.95. The first-order chi connectivity index (χ1) is 10.2. The largest absolute Gasteiger partial charge is 0.497 e. The standard InChI is InChI=1S/C17H22N2O2/c1-11-17(12(2)21-19-11)10-18-15-6-4-13-5-7-16(20-3)9-14(13)8-15/h5,7,9,15,18H,4,6,8,10H2,1-3H3. The van der Waals surface area contributed by atoms with Gasteiger partial charge in [-0.05, 0) is 56.4 Å². The number of aromatic nitrogens is 1. The third-order valence-corrected chi connectivity index (χ3v) is 4.39. The highest BCUT2D eigenvalue weighted by atomic mass is 16.5. The number of hydrogen-bond acceptors (Lipinski definition) is 4. The van der Waals surface area contributed by atoms with Gasteiger partial charge < -0.3 is 14.6 Å². The van der Waals surface area contributed by atoms with E-state index in [4.69, 9.17) is 9.26 Å². The second-order valence-corrected chi connectivity index (χ2v) is 5.76. The summed E-state index contributed by atoms with van der Waals surface area (Å²) in [6.45, 7) is 4.79. The summed E-state index contributed by atoms with van der Waals surface area (Å²) in [5.41, 5.74) is 5.02. The Balaban J connectivity index is 1.66. The van der Waals surface area contributed by atoms with Crippen LogP contribution in [0.3, 0.4) is 0 Å². The second kappa shape index (κ2) is 5.90. The van der Waals surface area contributed by atoms with Crippen LogP contribution in [0.5, 0.6) is 5.75 Å². The van der Waals surface area contributed by atoms with E-state index in [2.05, 4.69) is 28.7 Å². The van der Waals surface area contributed by atoms with Crippen molar-refractivity contribution < 1.29 is 9.26 Å². The zero-order chi connectivity index (χ0) is 14.8. The molecule has 0 aliphatic heterocycles. The minimum absolute atomic E-state index is 0.498. The van der Waals surface area contributed by atoms with E-state index in [0.29, 0.717) is 6.04 Å². The second-order valence-electron chi connectivity index (χ2n) is 5.76. The highest BCUT2D eigenvalue weighted by Gasteiger charge is 2.19. The summed E-state index contributed by atoms with van der Waals surface area (Å²) in [7, 11) is 1.72. The molecule has 0 amide bonds. The first kappa shape index (κ1) is 14.1. The van der Waals surface area contributed by atoms with Gasteiger partial charge in [0.25, 0.3) is 0 Å². The van der Waals surface area contributed by atoms with Crippen molar-refractivity contribution in [2.24, 2.45) is 0 Å². The molecule has 1 aromatic heterocycles. The van der Waals surface area contributed by atoms with Crippen LogP contribution in [0, 0.1) is 13.8 Å². The van der Waals surface area contributed by atoms with Crippen LogP contribution in [0.15, 0.2) is 22.7 Å². The van der Waals surface area contributed by atoms with Gasteiger partial charge in [0.15, 0.2) is 0 Å². The van der Waals surface area contributed by atoms with E-state index in [1.54, 1.807) is 7.11 Å². The molecular weight excluding hydrogens is 264 g/mol. The fraction of sp³-hybridized carbons (Fsp3) is 0.471. The molecule has 1 atom stereocenters. The van der Waals surface area contributed by atoms with Crippen molar-refractivity contribution >= 4 is 0 Å². The molecule has 1 N–H and O–H groups in total. The van der Waals surface area contributed by atoms with Gasteiger partial charge in [-0.15, -0.1) is 0 Å². The van der Waals surface area contributed by atoms with E-state index >= 15 is 0 Å². The van der Waals surface area contributed by atoms with Crippen LogP contribution in [0.4, 0.5) is 0 Å². The lowest BCUT2D eigenvalue weighted by molar-refractivity contribution is 0.390. The number of ether oxygens (including phenoxy) is 1. The highest BCUT2D eigenvalue weighted by Crippen LogP contribution is 2.26. The summed E-state index contributed by atoms with van der Waals surface area (Å²) < 4.78 is 10.5. The van der Waals surface area contributed by atoms with Crippen LogP contribution in [-0.2, 0) is 19.4 Å². The molecule has 0 fully saturated rings. The van der Waals surface area contributed by atoms with Gasteiger partial charge in [0, 0.05) is 18.2 Å². The first-order valence-corrected chi connectivity index (χ1v) is 7.48. The maximum Gasteiger partial charge on any atom is 0.138 e. The molecule has 1 heterocycles. The van der Waals surface area contributed by atoms with Crippen molar-refractivity contribution in [2.45, 2.75) is 45.7 Å². The fourth-order valence-electron chi connectivity index (χ4n) is 3.04. The Hall–Kier alpha value is -1.81. The first-order valence-electron chi connectivity index (χ1n) is 7.48. The van der Waals surface area contributed by atoms with Gasteiger partial charge in [0.1, 0.15) is 11.5 Å². The Morgan fingerprint density at radius 2 is 2.19 bits per heavy atom. The van der Waals surface area contributed by atoms with Gasteiger partial charge in [-0.25, -0.2) is 0 Å². The number of nitrogens with one attached hydrogen (secondary N) is 1. The number of hydrogen-bond donors (Lipinski definition) is 1. The van der Waals surface area contributed by atoms with Crippen molar-refractivity contribution in [3.05, 3.63) is 46.3 Å². The smallest absolute Gasteiger partial charge is 0.138 e. The lowest BCUT2D eigenvalue weighted by Crippen LogP contribution is -2.34. The Morgan fingerprint density at radius 3 is 2.90 bits per heavy atom. The average Bonchev–Trinajstić information content (AvgIpc) is 2.83. The molecule has 2 aromatic rings. The van der Waals surface area contributed by atoms with Crippen LogP contribution < -0.4 is 10.1 Å². The van der Waals surface area contributed by atoms with Crippen LogP contribution >= 0.6 is 0 Å². The molecule has 1 unspecified atom stereocenters. The lowest BCUT2D eigenvalue weighted by Gasteiger charge is -2.26. The van der Waals surface area contributed by atoms with Crippen molar-refractivity contribution in [2.75, 3.05) is 7.11 Å². The number of rotatable bonds is 4. The quantitative estimate of drug-likeness (QED) is 0.938. The number of benzene rings is 1. The predicted molar refractivity (Wildman–Crippen MR) is 81.6 cm³/mol. The van der Waals surface area contributed by atoms with Crippen LogP contribution in [-0.4, -0.2) is 18.3 Å². The Bertz CT molecular complexity index is 614. The SMILES string of the molecule is COc1ccc2c(c1)CC(NCc1c(C)noc1C)CC2. The van der Waals surface area contributed by atoms with Crippen LogP contribution in [0.1, 0.15) is 34.6 Å². The minimum atomic E-state index is 0.498. The van der Waals surface area contributed by atoms with E-state index < -0.39 is 0 Å². The topological polar surface area (TPSA) is 47.3 Å². The molecule has 1 aromatic carbocycles. The fourth-order valence-corrected chi connectivity index (χ4v) is 3.04. The summed E-state index contributed by atoms with van der Waals surface area (Å²) in [6.07, 6.45) is 3.34. The van der Waals surface area contributed by atoms with Gasteiger partial charge in [-0.3, -0.25) is 0 Å². The summed E-state index contributed by atoms with van der Waals surface area (Å²) in [5, 5.41) is 7.65. The third-order valence-electron chi connectivity index (χ3n) is 4.39. The van der Waals surface area contributed by atoms with Gasteiger partial charge in [0.2, 0.25) is 0 Å². The molecule has 4 heteroatoms. The van der Waals surface area contributed by atoms with Crippen molar-refractivity contribution in [3.63, 3.8) is 0 Å². The van der Waals surface area contributed by atoms with Crippen LogP contribution in [0.2, 0.25) is 0 Å². The number of fused-ring (bicyclic) bond motifs is 1. The maximum absolute atomic E-state index is 5.32. The number of nitrogens with zero attached hydrogens (tertiary/aromatic N) is 1. The molecular formula is C17H22N2O2. The number of aryl methyl sites for hydroxylation is 3. The summed E-state index contributed by atoms with van der Waals surface area (Å²) in [6, 6.07) is 6.91. The molecule has 21 heavy (non-hydrogen) atoms. The maximum atomic E-state index is 5.32. The van der Waals surface area contributed by atoms with Gasteiger partial charge >= 0.3 is 0 Å². The summed E-state index contributed by atoms with van der Waals surface area (Å²) in [5.74, 6) is 1.86. The van der Waals surface area contributed by atoms with E-state index in [1.807, 2.05) is 13.8 Å². The zero-order valence-corrected chi connectivity index (χ0v) is 12.9. The van der Waals surface area contributed by atoms with Gasteiger partial charge in [-0.1, -0.05) is 11.2 Å². The van der Waals surface area contributed by atoms with Gasteiger partial charge in [-0.2, -0.15) is 0 Å². The molecule has 112 valence electrons. The van der Waals surface area contributed by atoms with Crippen molar-refractivity contribution in [1.82, 2.24) is 10.5 Å². The number of methoxy groups -OCH3 is 1. The van der Waals surface area contributed by atoms with Crippen molar-refractivity contribution in [1.29, 1.82) is 0 Å². The molecule has 1 aliphatic rings. The summed E-state index contributed by atoms with van der Waals surface area (Å²) >= 11 is 0. The average molecular weight is 286 g/mol. The predicted octanol–water partition coefficient (Wildman–Crippen LogP) is 2.95. The van der Waals surface area contributed by atoms with E-state index in [0.717, 1.165) is 36.6 Å². The van der Waals surface area contributed by atoms with Crippen molar-refractivity contribution in [3.8, 4) is 5.75 Å². The molecule has 0 saturated heterocycles.